The van der Waals surface area contributed by atoms with E-state index < -0.39 is 10.0 Å². The molecule has 0 unspecified atom stereocenters. The Morgan fingerprint density at radius 3 is 2.62 bits per heavy atom. The zero-order chi connectivity index (χ0) is 15.6. The molecule has 21 heavy (non-hydrogen) atoms. The molecular weight excluding hydrogens is 356 g/mol. The molecule has 1 fully saturated rings. The SMILES string of the molecule is Cc1cc(Br)c(N)cc1S(=O)(=O)N(C)CC1CCOCC1. The fourth-order valence-electron chi connectivity index (χ4n) is 2.51. The molecule has 0 saturated carbocycles. The minimum absolute atomic E-state index is 0.276. The monoisotopic (exact) mass is 376 g/mol. The smallest absolute Gasteiger partial charge is 0.243 e. The molecule has 1 aromatic carbocycles. The van der Waals surface area contributed by atoms with Crippen molar-refractivity contribution < 1.29 is 13.2 Å². The molecule has 1 aliphatic heterocycles. The number of anilines is 1. The third kappa shape index (κ3) is 3.77. The third-order valence-corrected chi connectivity index (χ3v) is 6.49. The number of ether oxygens (including phenoxy) is 1. The van der Waals surface area contributed by atoms with Crippen LogP contribution < -0.4 is 5.73 Å². The zero-order valence-electron chi connectivity index (χ0n) is 12.3. The van der Waals surface area contributed by atoms with E-state index in [0.717, 1.165) is 12.8 Å². The van der Waals surface area contributed by atoms with Gasteiger partial charge in [-0.2, -0.15) is 0 Å². The summed E-state index contributed by atoms with van der Waals surface area (Å²) in [6, 6.07) is 3.26. The minimum Gasteiger partial charge on any atom is -0.398 e. The van der Waals surface area contributed by atoms with E-state index in [1.54, 1.807) is 20.0 Å². The van der Waals surface area contributed by atoms with Crippen LogP contribution in [0.5, 0.6) is 0 Å². The van der Waals surface area contributed by atoms with E-state index >= 15 is 0 Å². The highest BCUT2D eigenvalue weighted by Gasteiger charge is 2.26. The summed E-state index contributed by atoms with van der Waals surface area (Å²) >= 11 is 3.32. The Labute approximate surface area is 134 Å². The molecule has 0 radical (unpaired) electrons. The Morgan fingerprint density at radius 2 is 2.00 bits per heavy atom. The van der Waals surface area contributed by atoms with Gasteiger partial charge in [0.2, 0.25) is 10.0 Å². The molecule has 0 amide bonds. The molecule has 2 rings (SSSR count). The van der Waals surface area contributed by atoms with Gasteiger partial charge >= 0.3 is 0 Å². The number of nitrogens with zero attached hydrogens (tertiary/aromatic N) is 1. The second kappa shape index (κ2) is 6.64. The van der Waals surface area contributed by atoms with E-state index in [9.17, 15) is 8.42 Å². The molecule has 5 nitrogen and oxygen atoms in total. The van der Waals surface area contributed by atoms with E-state index in [1.807, 2.05) is 0 Å². The van der Waals surface area contributed by atoms with Crippen LogP contribution in [0, 0.1) is 12.8 Å². The molecular formula is C14H21BrN2O3S. The van der Waals surface area contributed by atoms with Gasteiger partial charge < -0.3 is 10.5 Å². The van der Waals surface area contributed by atoms with Gasteiger partial charge in [0, 0.05) is 37.0 Å². The average molecular weight is 377 g/mol. The minimum atomic E-state index is -3.52. The van der Waals surface area contributed by atoms with Gasteiger partial charge in [0.25, 0.3) is 0 Å². The standard InChI is InChI=1S/C14H21BrN2O3S/c1-10-7-12(15)13(16)8-14(10)21(18,19)17(2)9-11-3-5-20-6-4-11/h7-8,11H,3-6,9,16H2,1-2H3. The predicted octanol–water partition coefficient (Wildman–Crippen LogP) is 2.39. The molecule has 1 heterocycles. The van der Waals surface area contributed by atoms with E-state index in [0.29, 0.717) is 41.4 Å². The first-order valence-corrected chi connectivity index (χ1v) is 9.15. The van der Waals surface area contributed by atoms with Gasteiger partial charge in [-0.3, -0.25) is 0 Å². The van der Waals surface area contributed by atoms with Crippen LogP contribution in [0.4, 0.5) is 5.69 Å². The van der Waals surface area contributed by atoms with Gasteiger partial charge in [0.1, 0.15) is 0 Å². The van der Waals surface area contributed by atoms with Crippen LogP contribution in [0.1, 0.15) is 18.4 Å². The predicted molar refractivity (Wildman–Crippen MR) is 86.7 cm³/mol. The Bertz CT molecular complexity index is 613. The first-order valence-electron chi connectivity index (χ1n) is 6.92. The number of nitrogen functional groups attached to an aromatic ring is 1. The van der Waals surface area contributed by atoms with E-state index in [4.69, 9.17) is 10.5 Å². The molecule has 2 N–H and O–H groups in total. The van der Waals surface area contributed by atoms with Crippen LogP contribution in [0.3, 0.4) is 0 Å². The number of rotatable bonds is 4. The van der Waals surface area contributed by atoms with Crippen LogP contribution in [-0.2, 0) is 14.8 Å². The Balaban J connectivity index is 2.22. The van der Waals surface area contributed by atoms with Crippen molar-refractivity contribution in [2.24, 2.45) is 5.92 Å². The van der Waals surface area contributed by atoms with Crippen molar-refractivity contribution >= 4 is 31.6 Å². The maximum Gasteiger partial charge on any atom is 0.243 e. The summed E-state index contributed by atoms with van der Waals surface area (Å²) in [5.74, 6) is 0.353. The summed E-state index contributed by atoms with van der Waals surface area (Å²) in [5.41, 5.74) is 6.94. The number of nitrogens with two attached hydrogens (primary N) is 1. The molecule has 1 saturated heterocycles. The normalized spacial score (nSPS) is 17.3. The molecule has 0 aliphatic carbocycles. The zero-order valence-corrected chi connectivity index (χ0v) is 14.7. The molecule has 1 aromatic rings. The van der Waals surface area contributed by atoms with E-state index in [2.05, 4.69) is 15.9 Å². The third-order valence-electron chi connectivity index (χ3n) is 3.84. The lowest BCUT2D eigenvalue weighted by atomic mass is 10.0. The molecule has 0 spiro atoms. The lowest BCUT2D eigenvalue weighted by Crippen LogP contribution is -2.34. The lowest BCUT2D eigenvalue weighted by Gasteiger charge is -2.27. The van der Waals surface area contributed by atoms with E-state index in [1.165, 1.54) is 10.4 Å². The first kappa shape index (κ1) is 16.7. The van der Waals surface area contributed by atoms with Gasteiger partial charge in [-0.15, -0.1) is 0 Å². The van der Waals surface area contributed by atoms with Gasteiger partial charge in [-0.1, -0.05) is 0 Å². The second-order valence-corrected chi connectivity index (χ2v) is 8.35. The molecule has 7 heteroatoms. The highest BCUT2D eigenvalue weighted by Crippen LogP contribution is 2.29. The van der Waals surface area contributed by atoms with Gasteiger partial charge in [-0.05, 0) is 59.3 Å². The summed E-state index contributed by atoms with van der Waals surface area (Å²) in [4.78, 5) is 0.276. The van der Waals surface area contributed by atoms with Crippen molar-refractivity contribution in [2.45, 2.75) is 24.7 Å². The Morgan fingerprint density at radius 1 is 1.38 bits per heavy atom. The molecule has 1 aliphatic rings. The summed E-state index contributed by atoms with van der Waals surface area (Å²) < 4.78 is 32.9. The van der Waals surface area contributed by atoms with Crippen molar-refractivity contribution in [3.63, 3.8) is 0 Å². The van der Waals surface area contributed by atoms with Crippen molar-refractivity contribution in [2.75, 3.05) is 32.5 Å². The summed E-state index contributed by atoms with van der Waals surface area (Å²) in [5, 5.41) is 0. The number of hydrogen-bond acceptors (Lipinski definition) is 4. The van der Waals surface area contributed by atoms with Crippen molar-refractivity contribution in [3.05, 3.63) is 22.2 Å². The van der Waals surface area contributed by atoms with Gasteiger partial charge in [-0.25, -0.2) is 12.7 Å². The summed E-state index contributed by atoms with van der Waals surface area (Å²) in [6.45, 7) is 3.71. The maximum atomic E-state index is 12.7. The van der Waals surface area contributed by atoms with Gasteiger partial charge in [0.05, 0.1) is 4.90 Å². The topological polar surface area (TPSA) is 72.6 Å². The Kier molecular flexibility index (Phi) is 5.29. The van der Waals surface area contributed by atoms with Crippen molar-refractivity contribution in [1.29, 1.82) is 0 Å². The van der Waals surface area contributed by atoms with Crippen molar-refractivity contribution in [1.82, 2.24) is 4.31 Å². The average Bonchev–Trinajstić information content (AvgIpc) is 2.43. The fourth-order valence-corrected chi connectivity index (χ4v) is 4.45. The number of aryl methyl sites for hydroxylation is 1. The Hall–Kier alpha value is -0.630. The number of benzene rings is 1. The highest BCUT2D eigenvalue weighted by molar-refractivity contribution is 9.10. The maximum absolute atomic E-state index is 12.7. The van der Waals surface area contributed by atoms with Crippen LogP contribution in [0.25, 0.3) is 0 Å². The molecule has 0 atom stereocenters. The van der Waals surface area contributed by atoms with Crippen LogP contribution in [-0.4, -0.2) is 39.5 Å². The number of halogens is 1. The van der Waals surface area contributed by atoms with Crippen LogP contribution in [0.15, 0.2) is 21.5 Å². The summed E-state index contributed by atoms with van der Waals surface area (Å²) in [6.07, 6.45) is 1.81. The van der Waals surface area contributed by atoms with Gasteiger partial charge in [0.15, 0.2) is 0 Å². The lowest BCUT2D eigenvalue weighted by molar-refractivity contribution is 0.0620. The molecule has 118 valence electrons. The molecule has 0 aromatic heterocycles. The van der Waals surface area contributed by atoms with Crippen LogP contribution in [0.2, 0.25) is 0 Å². The fraction of sp³-hybridized carbons (Fsp3) is 0.571. The summed E-state index contributed by atoms with van der Waals surface area (Å²) in [7, 11) is -1.89. The number of sulfonamides is 1. The van der Waals surface area contributed by atoms with Crippen LogP contribution >= 0.6 is 15.9 Å². The van der Waals surface area contributed by atoms with E-state index in [-0.39, 0.29) is 4.90 Å². The quantitative estimate of drug-likeness (QED) is 0.818. The van der Waals surface area contributed by atoms with Crippen molar-refractivity contribution in [3.8, 4) is 0 Å². The highest BCUT2D eigenvalue weighted by atomic mass is 79.9. The largest absolute Gasteiger partial charge is 0.398 e. The second-order valence-electron chi connectivity index (χ2n) is 5.48. The number of hydrogen-bond donors (Lipinski definition) is 1. The first-order chi connectivity index (χ1) is 9.82. The molecule has 0 bridgehead atoms.